The van der Waals surface area contributed by atoms with Gasteiger partial charge in [-0.05, 0) is 56.2 Å². The van der Waals surface area contributed by atoms with Crippen molar-refractivity contribution in [3.63, 3.8) is 0 Å². The zero-order chi connectivity index (χ0) is 22.1. The lowest BCUT2D eigenvalue weighted by atomic mass is 10.1. The number of benzene rings is 2. The van der Waals surface area contributed by atoms with Crippen LogP contribution in [0.4, 0.5) is 10.3 Å². The van der Waals surface area contributed by atoms with Crippen LogP contribution in [0.5, 0.6) is 11.6 Å². The smallest absolute Gasteiger partial charge is 0.254 e. The Kier molecular flexibility index (Phi) is 5.47. The van der Waals surface area contributed by atoms with Gasteiger partial charge < -0.3 is 14.5 Å². The number of hydrogen-bond donors (Lipinski definition) is 0. The van der Waals surface area contributed by atoms with E-state index < -0.39 is 0 Å². The molecule has 0 atom stereocenters. The highest BCUT2D eigenvalue weighted by Crippen LogP contribution is 2.32. The first-order valence-electron chi connectivity index (χ1n) is 11.0. The van der Waals surface area contributed by atoms with E-state index in [1.807, 2.05) is 31.2 Å². The van der Waals surface area contributed by atoms with Gasteiger partial charge in [0.25, 0.3) is 5.91 Å². The highest BCUT2D eigenvalue weighted by molar-refractivity contribution is 5.94. The second kappa shape index (κ2) is 8.57. The quantitative estimate of drug-likeness (QED) is 0.607. The highest BCUT2D eigenvalue weighted by Gasteiger charge is 2.29. The van der Waals surface area contributed by atoms with Gasteiger partial charge in [0, 0.05) is 31.6 Å². The van der Waals surface area contributed by atoms with Crippen molar-refractivity contribution >= 4 is 11.9 Å². The van der Waals surface area contributed by atoms with Crippen molar-refractivity contribution in [2.75, 3.05) is 24.5 Å². The SMILES string of the molecule is Cc1ccc(Oc2nc(N3CCCC3)nc3c2CN(C(=O)c2ccc(F)cc2)CC3)cc1. The number of amides is 1. The van der Waals surface area contributed by atoms with E-state index >= 15 is 0 Å². The fourth-order valence-electron chi connectivity index (χ4n) is 4.18. The lowest BCUT2D eigenvalue weighted by molar-refractivity contribution is 0.0732. The fraction of sp³-hybridized carbons (Fsp3) is 0.320. The monoisotopic (exact) mass is 432 g/mol. The highest BCUT2D eigenvalue weighted by atomic mass is 19.1. The minimum Gasteiger partial charge on any atom is -0.438 e. The minimum atomic E-state index is -0.359. The summed E-state index contributed by atoms with van der Waals surface area (Å²) in [6.45, 7) is 4.81. The Morgan fingerprint density at radius 2 is 1.69 bits per heavy atom. The topological polar surface area (TPSA) is 58.6 Å². The molecule has 1 fully saturated rings. The van der Waals surface area contributed by atoms with Crippen LogP contribution < -0.4 is 9.64 Å². The van der Waals surface area contributed by atoms with Gasteiger partial charge in [-0.15, -0.1) is 0 Å². The van der Waals surface area contributed by atoms with Crippen LogP contribution in [0.25, 0.3) is 0 Å². The van der Waals surface area contributed by atoms with Gasteiger partial charge in [0.2, 0.25) is 11.8 Å². The first-order chi connectivity index (χ1) is 15.6. The summed E-state index contributed by atoms with van der Waals surface area (Å²) in [5, 5.41) is 0. The Morgan fingerprint density at radius 3 is 2.41 bits per heavy atom. The molecule has 6 nitrogen and oxygen atoms in total. The maximum atomic E-state index is 13.3. The van der Waals surface area contributed by atoms with Crippen molar-refractivity contribution in [2.45, 2.75) is 32.7 Å². The molecule has 2 aliphatic rings. The number of rotatable bonds is 4. The average molecular weight is 432 g/mol. The van der Waals surface area contributed by atoms with E-state index in [9.17, 15) is 9.18 Å². The standard InChI is InChI=1S/C25H25FN4O2/c1-17-4-10-20(11-5-17)32-23-21-16-30(24(31)18-6-8-19(26)9-7-18)15-12-22(21)27-25(28-23)29-13-2-3-14-29/h4-11H,2-3,12-16H2,1H3. The average Bonchev–Trinajstić information content (AvgIpc) is 3.35. The minimum absolute atomic E-state index is 0.138. The van der Waals surface area contributed by atoms with E-state index in [2.05, 4.69) is 4.90 Å². The number of nitrogens with zero attached hydrogens (tertiary/aromatic N) is 4. The Balaban J connectivity index is 1.47. The Hall–Kier alpha value is -3.48. The Morgan fingerprint density at radius 1 is 0.969 bits per heavy atom. The van der Waals surface area contributed by atoms with Crippen LogP contribution in [-0.2, 0) is 13.0 Å². The van der Waals surface area contributed by atoms with E-state index in [0.717, 1.165) is 42.8 Å². The van der Waals surface area contributed by atoms with Gasteiger partial charge in [-0.25, -0.2) is 9.37 Å². The van der Waals surface area contributed by atoms with Gasteiger partial charge in [-0.2, -0.15) is 4.98 Å². The zero-order valence-electron chi connectivity index (χ0n) is 18.1. The third-order valence-electron chi connectivity index (χ3n) is 6.01. The van der Waals surface area contributed by atoms with Crippen LogP contribution in [-0.4, -0.2) is 40.4 Å². The molecule has 1 amide bonds. The Labute approximate surface area is 186 Å². The largest absolute Gasteiger partial charge is 0.438 e. The van der Waals surface area contributed by atoms with Crippen LogP contribution in [0.15, 0.2) is 48.5 Å². The first-order valence-corrected chi connectivity index (χ1v) is 11.0. The molecule has 1 aromatic heterocycles. The van der Waals surface area contributed by atoms with E-state index in [0.29, 0.717) is 42.7 Å². The van der Waals surface area contributed by atoms with E-state index in [1.54, 1.807) is 4.90 Å². The summed E-state index contributed by atoms with van der Waals surface area (Å²) in [6.07, 6.45) is 2.89. The normalized spacial score (nSPS) is 15.6. The second-order valence-electron chi connectivity index (χ2n) is 8.35. The van der Waals surface area contributed by atoms with Crippen molar-refractivity contribution in [2.24, 2.45) is 0 Å². The molecule has 3 heterocycles. The number of halogens is 1. The molecular weight excluding hydrogens is 407 g/mol. The summed E-state index contributed by atoms with van der Waals surface area (Å²) in [5.74, 6) is 1.40. The summed E-state index contributed by atoms with van der Waals surface area (Å²) in [4.78, 5) is 26.6. The molecule has 0 radical (unpaired) electrons. The van der Waals surface area contributed by atoms with E-state index in [-0.39, 0.29) is 11.7 Å². The molecule has 0 N–H and O–H groups in total. The maximum absolute atomic E-state index is 13.3. The predicted octanol–water partition coefficient (Wildman–Crippen LogP) is 4.52. The fourth-order valence-corrected chi connectivity index (χ4v) is 4.18. The molecular formula is C25H25FN4O2. The number of carbonyl (C=O) groups is 1. The van der Waals surface area contributed by atoms with Crippen molar-refractivity contribution < 1.29 is 13.9 Å². The van der Waals surface area contributed by atoms with Crippen LogP contribution >= 0.6 is 0 Å². The van der Waals surface area contributed by atoms with Crippen LogP contribution in [0.1, 0.15) is 40.0 Å². The maximum Gasteiger partial charge on any atom is 0.254 e. The number of fused-ring (bicyclic) bond motifs is 1. The molecule has 5 rings (SSSR count). The number of anilines is 1. The van der Waals surface area contributed by atoms with Gasteiger partial charge in [0.15, 0.2) is 0 Å². The van der Waals surface area contributed by atoms with Crippen LogP contribution in [0.2, 0.25) is 0 Å². The molecule has 3 aromatic rings. The number of carbonyl (C=O) groups excluding carboxylic acids is 1. The zero-order valence-corrected chi connectivity index (χ0v) is 18.1. The predicted molar refractivity (Wildman–Crippen MR) is 120 cm³/mol. The lowest BCUT2D eigenvalue weighted by Gasteiger charge is -2.30. The van der Waals surface area contributed by atoms with Crippen molar-refractivity contribution in [3.8, 4) is 11.6 Å². The summed E-state index contributed by atoms with van der Waals surface area (Å²) < 4.78 is 19.5. The van der Waals surface area contributed by atoms with Gasteiger partial charge in [0.1, 0.15) is 11.6 Å². The third-order valence-corrected chi connectivity index (χ3v) is 6.01. The van der Waals surface area contributed by atoms with Gasteiger partial charge in [-0.1, -0.05) is 17.7 Å². The molecule has 164 valence electrons. The molecule has 0 unspecified atom stereocenters. The van der Waals surface area contributed by atoms with Crippen molar-refractivity contribution in [1.82, 2.24) is 14.9 Å². The third kappa shape index (κ3) is 4.15. The molecule has 7 heteroatoms. The number of hydrogen-bond acceptors (Lipinski definition) is 5. The van der Waals surface area contributed by atoms with E-state index in [4.69, 9.17) is 14.7 Å². The van der Waals surface area contributed by atoms with Gasteiger partial charge >= 0.3 is 0 Å². The summed E-state index contributed by atoms with van der Waals surface area (Å²) in [7, 11) is 0. The van der Waals surface area contributed by atoms with Crippen LogP contribution in [0, 0.1) is 12.7 Å². The van der Waals surface area contributed by atoms with Gasteiger partial charge in [-0.3, -0.25) is 4.79 Å². The van der Waals surface area contributed by atoms with E-state index in [1.165, 1.54) is 24.3 Å². The second-order valence-corrected chi connectivity index (χ2v) is 8.35. The lowest BCUT2D eigenvalue weighted by Crippen LogP contribution is -2.37. The molecule has 0 bridgehead atoms. The summed E-state index contributed by atoms with van der Waals surface area (Å²) in [6, 6.07) is 13.5. The molecule has 2 aromatic carbocycles. The summed E-state index contributed by atoms with van der Waals surface area (Å²) >= 11 is 0. The van der Waals surface area contributed by atoms with Crippen molar-refractivity contribution in [1.29, 1.82) is 0 Å². The molecule has 2 aliphatic heterocycles. The number of ether oxygens (including phenoxy) is 1. The molecule has 1 saturated heterocycles. The van der Waals surface area contributed by atoms with Crippen molar-refractivity contribution in [3.05, 3.63) is 76.7 Å². The number of aromatic nitrogens is 2. The molecule has 0 spiro atoms. The molecule has 0 saturated carbocycles. The summed E-state index contributed by atoms with van der Waals surface area (Å²) in [5.41, 5.74) is 3.36. The molecule has 32 heavy (non-hydrogen) atoms. The molecule has 0 aliphatic carbocycles. The first kappa shape index (κ1) is 20.4. The van der Waals surface area contributed by atoms with Gasteiger partial charge in [0.05, 0.1) is 17.8 Å². The Bertz CT molecular complexity index is 1130. The number of aryl methyl sites for hydroxylation is 1. The van der Waals surface area contributed by atoms with Crippen LogP contribution in [0.3, 0.4) is 0 Å².